The number of nitrogens with two attached hydrogens (primary N) is 1. The predicted molar refractivity (Wildman–Crippen MR) is 177 cm³/mol. The van der Waals surface area contributed by atoms with Gasteiger partial charge in [-0.2, -0.15) is 0 Å². The number of benzene rings is 2. The number of carboxylic acids is 1. The number of unbranched alkanes of at least 4 members (excludes halogenated alkanes) is 2. The molecule has 2 aromatic rings. The van der Waals surface area contributed by atoms with Crippen molar-refractivity contribution in [1.82, 2.24) is 10.2 Å². The van der Waals surface area contributed by atoms with Gasteiger partial charge in [-0.25, -0.2) is 14.6 Å². The number of likely N-dealkylation sites (N-methyl/N-ethyl adjacent to an activating group) is 1. The standard InChI is InChI=1S/C16H22N2O3.C9H19NO.C8H10.C2H6O2/c1-11-5-7-12(8-6-11)10-13(16(20)21)17-15(19)14-4-3-9-18(14)2;1-2-6-9(11)7-4-3-5-8-10;1-2-8-6-4-3-5-7-8;1-3-4-2/h5-8,13-14H,3-4,9-10H2,1-2H3,(H,17,19)(H,20,21);2-8,10H2,1H3;3-7H,2H2,1H3;1-2H3. The van der Waals surface area contributed by atoms with Crippen LogP contribution in [0, 0.1) is 6.92 Å². The molecule has 2 aromatic carbocycles. The maximum Gasteiger partial charge on any atom is 0.326 e. The largest absolute Gasteiger partial charge is 0.480 e. The van der Waals surface area contributed by atoms with Crippen molar-refractivity contribution in [2.24, 2.45) is 5.73 Å². The highest BCUT2D eigenvalue weighted by Gasteiger charge is 2.30. The summed E-state index contributed by atoms with van der Waals surface area (Å²) in [6.07, 6.45) is 8.88. The highest BCUT2D eigenvalue weighted by molar-refractivity contribution is 5.87. The van der Waals surface area contributed by atoms with E-state index in [1.807, 2.05) is 56.1 Å². The van der Waals surface area contributed by atoms with Crippen LogP contribution in [0.1, 0.15) is 81.9 Å². The fourth-order valence-corrected chi connectivity index (χ4v) is 4.43. The molecule has 0 radical (unpaired) electrons. The summed E-state index contributed by atoms with van der Waals surface area (Å²) in [6.45, 7) is 7.82. The van der Waals surface area contributed by atoms with E-state index in [1.54, 1.807) is 0 Å². The highest BCUT2D eigenvalue weighted by atomic mass is 17.2. The third-order valence-corrected chi connectivity index (χ3v) is 7.10. The van der Waals surface area contributed by atoms with E-state index in [0.717, 1.165) is 82.0 Å². The van der Waals surface area contributed by atoms with E-state index in [4.69, 9.17) is 5.73 Å². The number of aliphatic carboxylic acids is 1. The van der Waals surface area contributed by atoms with Gasteiger partial charge in [0.2, 0.25) is 5.91 Å². The highest BCUT2D eigenvalue weighted by Crippen LogP contribution is 2.15. The van der Waals surface area contributed by atoms with E-state index in [1.165, 1.54) is 19.8 Å². The molecule has 0 aromatic heterocycles. The van der Waals surface area contributed by atoms with Crippen molar-refractivity contribution in [2.75, 3.05) is 34.4 Å². The first-order valence-electron chi connectivity index (χ1n) is 15.7. The van der Waals surface area contributed by atoms with Gasteiger partial charge < -0.3 is 16.2 Å². The molecule has 2 atom stereocenters. The Kier molecular flexibility index (Phi) is 24.4. The maximum atomic E-state index is 12.2. The number of rotatable bonds is 14. The molecule has 9 heteroatoms. The van der Waals surface area contributed by atoms with Crippen molar-refractivity contribution >= 4 is 17.7 Å². The molecule has 4 N–H and O–H groups in total. The second-order valence-corrected chi connectivity index (χ2v) is 10.8. The van der Waals surface area contributed by atoms with Gasteiger partial charge in [0.25, 0.3) is 0 Å². The number of nitrogens with one attached hydrogen (secondary N) is 1. The molecule has 1 amide bonds. The van der Waals surface area contributed by atoms with Crippen LogP contribution >= 0.6 is 0 Å². The quantitative estimate of drug-likeness (QED) is 0.144. The molecule has 0 bridgehead atoms. The zero-order valence-corrected chi connectivity index (χ0v) is 27.8. The second-order valence-electron chi connectivity index (χ2n) is 10.8. The van der Waals surface area contributed by atoms with Crippen LogP contribution in [0.5, 0.6) is 0 Å². The molecule has 44 heavy (non-hydrogen) atoms. The van der Waals surface area contributed by atoms with Crippen LogP contribution in [0.25, 0.3) is 0 Å². The van der Waals surface area contributed by atoms with Gasteiger partial charge >= 0.3 is 5.97 Å². The van der Waals surface area contributed by atoms with Gasteiger partial charge in [0, 0.05) is 19.3 Å². The van der Waals surface area contributed by atoms with E-state index in [0.29, 0.717) is 12.2 Å². The predicted octanol–water partition coefficient (Wildman–Crippen LogP) is 5.52. The molecule has 0 aliphatic carbocycles. The van der Waals surface area contributed by atoms with Crippen LogP contribution in [0.3, 0.4) is 0 Å². The Hall–Kier alpha value is -3.11. The molecule has 0 saturated carbocycles. The number of carbonyl (C=O) groups excluding carboxylic acids is 2. The number of likely N-dealkylation sites (tertiary alicyclic amines) is 1. The first-order valence-corrected chi connectivity index (χ1v) is 15.7. The van der Waals surface area contributed by atoms with E-state index in [2.05, 4.69) is 46.3 Å². The van der Waals surface area contributed by atoms with Gasteiger partial charge in [-0.3, -0.25) is 14.5 Å². The molecule has 9 nitrogen and oxygen atoms in total. The number of amides is 1. The molecule has 2 unspecified atom stereocenters. The average molecular weight is 616 g/mol. The molecule has 1 heterocycles. The summed E-state index contributed by atoms with van der Waals surface area (Å²) in [4.78, 5) is 44.6. The van der Waals surface area contributed by atoms with E-state index < -0.39 is 12.0 Å². The Balaban J connectivity index is 0.000000669. The third kappa shape index (κ3) is 20.0. The number of hydrogen-bond acceptors (Lipinski definition) is 7. The summed E-state index contributed by atoms with van der Waals surface area (Å²) in [5.41, 5.74) is 8.77. The number of aryl methyl sites for hydroxylation is 2. The molecule has 248 valence electrons. The fourth-order valence-electron chi connectivity index (χ4n) is 4.43. The fraction of sp³-hybridized carbons (Fsp3) is 0.571. The lowest BCUT2D eigenvalue weighted by molar-refractivity contribution is -0.248. The van der Waals surface area contributed by atoms with Crippen LogP contribution < -0.4 is 11.1 Å². The van der Waals surface area contributed by atoms with Gasteiger partial charge in [-0.05, 0) is 76.7 Å². The average Bonchev–Trinajstić information content (AvgIpc) is 3.47. The summed E-state index contributed by atoms with van der Waals surface area (Å²) >= 11 is 0. The number of carbonyl (C=O) groups is 3. The maximum absolute atomic E-state index is 12.2. The Bertz CT molecular complexity index is 1010. The zero-order chi connectivity index (χ0) is 33.2. The number of nitrogens with zero attached hydrogens (tertiary/aromatic N) is 1. The summed E-state index contributed by atoms with van der Waals surface area (Å²) in [5.74, 6) is -0.774. The normalized spacial score (nSPS) is 14.5. The summed E-state index contributed by atoms with van der Waals surface area (Å²) in [6, 6.07) is 17.1. The van der Waals surface area contributed by atoms with Gasteiger partial charge in [-0.1, -0.05) is 80.4 Å². The zero-order valence-electron chi connectivity index (χ0n) is 27.8. The summed E-state index contributed by atoms with van der Waals surface area (Å²) < 4.78 is 0. The Morgan fingerprint density at radius 1 is 0.955 bits per heavy atom. The first-order chi connectivity index (χ1) is 21.1. The van der Waals surface area contributed by atoms with Crippen LogP contribution in [-0.4, -0.2) is 74.1 Å². The van der Waals surface area contributed by atoms with Crippen molar-refractivity contribution in [3.05, 3.63) is 71.3 Å². The minimum atomic E-state index is -0.996. The van der Waals surface area contributed by atoms with Crippen molar-refractivity contribution in [3.63, 3.8) is 0 Å². The van der Waals surface area contributed by atoms with Crippen molar-refractivity contribution < 1.29 is 29.3 Å². The Morgan fingerprint density at radius 3 is 2.05 bits per heavy atom. The number of carboxylic acid groups (broad SMARTS) is 1. The minimum Gasteiger partial charge on any atom is -0.480 e. The van der Waals surface area contributed by atoms with Crippen LogP contribution in [0.15, 0.2) is 54.6 Å². The molecule has 1 aliphatic heterocycles. The van der Waals surface area contributed by atoms with Crippen LogP contribution in [0.2, 0.25) is 0 Å². The van der Waals surface area contributed by atoms with Gasteiger partial charge in [0.05, 0.1) is 20.3 Å². The lowest BCUT2D eigenvalue weighted by atomic mass is 10.0. The Morgan fingerprint density at radius 2 is 1.59 bits per heavy atom. The van der Waals surface area contributed by atoms with Gasteiger partial charge in [0.1, 0.15) is 11.8 Å². The Labute approximate surface area is 265 Å². The van der Waals surface area contributed by atoms with E-state index >= 15 is 0 Å². The van der Waals surface area contributed by atoms with Crippen LogP contribution in [0.4, 0.5) is 0 Å². The summed E-state index contributed by atoms with van der Waals surface area (Å²) in [5, 5.41) is 12.0. The van der Waals surface area contributed by atoms with Crippen LogP contribution in [-0.2, 0) is 37.0 Å². The first kappa shape index (κ1) is 40.9. The van der Waals surface area contributed by atoms with E-state index in [-0.39, 0.29) is 11.9 Å². The van der Waals surface area contributed by atoms with E-state index in [9.17, 15) is 19.5 Å². The summed E-state index contributed by atoms with van der Waals surface area (Å²) in [7, 11) is 4.81. The molecule has 1 fully saturated rings. The lowest BCUT2D eigenvalue weighted by Gasteiger charge is -2.22. The van der Waals surface area contributed by atoms with Crippen molar-refractivity contribution in [2.45, 2.75) is 97.1 Å². The number of Topliss-reactive ketones (excluding diaryl/α,β-unsaturated/α-hetero) is 1. The second kappa shape index (κ2) is 26.3. The number of hydrogen-bond donors (Lipinski definition) is 3. The third-order valence-electron chi connectivity index (χ3n) is 7.10. The minimum absolute atomic E-state index is 0.186. The molecule has 0 spiro atoms. The molecular weight excluding hydrogens is 558 g/mol. The molecule has 1 saturated heterocycles. The lowest BCUT2D eigenvalue weighted by Crippen LogP contribution is -2.49. The van der Waals surface area contributed by atoms with Gasteiger partial charge in [0.15, 0.2) is 0 Å². The molecule has 3 rings (SSSR count). The van der Waals surface area contributed by atoms with Gasteiger partial charge in [-0.15, -0.1) is 0 Å². The topological polar surface area (TPSA) is 131 Å². The monoisotopic (exact) mass is 615 g/mol. The number of ketones is 1. The SMILES string of the molecule is CCCC(=O)CCCCCN.CCc1ccccc1.COOC.Cc1ccc(CC(NC(=O)C2CCCN2C)C(=O)O)cc1. The smallest absolute Gasteiger partial charge is 0.326 e. The molecular formula is C35H57N3O6. The molecule has 1 aliphatic rings. The van der Waals surface area contributed by atoms with Crippen molar-refractivity contribution in [3.8, 4) is 0 Å². The van der Waals surface area contributed by atoms with Crippen molar-refractivity contribution in [1.29, 1.82) is 0 Å².